The minimum absolute atomic E-state index is 0.181. The number of anilines is 2. The molecule has 0 unspecified atom stereocenters. The molecule has 0 spiro atoms. The highest BCUT2D eigenvalue weighted by Crippen LogP contribution is 2.18. The van der Waals surface area contributed by atoms with Crippen LogP contribution in [0.3, 0.4) is 0 Å². The summed E-state index contributed by atoms with van der Waals surface area (Å²) in [5.41, 5.74) is 0.986. The van der Waals surface area contributed by atoms with Crippen LogP contribution >= 0.6 is 0 Å². The second-order valence-electron chi connectivity index (χ2n) is 4.34. The van der Waals surface area contributed by atoms with Gasteiger partial charge in [0.1, 0.15) is 11.6 Å². The van der Waals surface area contributed by atoms with Gasteiger partial charge in [0.2, 0.25) is 10.0 Å². The largest absolute Gasteiger partial charge is 0.496 e. The monoisotopic (exact) mass is 308 g/mol. The number of hydrogen-bond donors (Lipinski definition) is 2. The zero-order chi connectivity index (χ0) is 15.3. The SMILES string of the molecule is COc1ccccc1CNc1ccc(NS(C)(=O)=O)nn1. The zero-order valence-corrected chi connectivity index (χ0v) is 12.5. The fraction of sp³-hybridized carbons (Fsp3) is 0.231. The normalized spacial score (nSPS) is 11.0. The molecule has 0 fully saturated rings. The van der Waals surface area contributed by atoms with Gasteiger partial charge >= 0.3 is 0 Å². The van der Waals surface area contributed by atoms with Crippen molar-refractivity contribution >= 4 is 21.7 Å². The molecule has 8 heteroatoms. The van der Waals surface area contributed by atoms with Gasteiger partial charge in [-0.25, -0.2) is 8.42 Å². The number of ether oxygens (including phenoxy) is 1. The van der Waals surface area contributed by atoms with Gasteiger partial charge in [0, 0.05) is 12.1 Å². The first kappa shape index (κ1) is 15.0. The van der Waals surface area contributed by atoms with E-state index in [1.54, 1.807) is 19.2 Å². The highest BCUT2D eigenvalue weighted by molar-refractivity contribution is 7.92. The number of sulfonamides is 1. The Morgan fingerprint density at radius 2 is 1.76 bits per heavy atom. The van der Waals surface area contributed by atoms with E-state index in [1.165, 1.54) is 0 Å². The van der Waals surface area contributed by atoms with Gasteiger partial charge in [-0.05, 0) is 18.2 Å². The molecule has 2 aromatic rings. The van der Waals surface area contributed by atoms with E-state index in [4.69, 9.17) is 4.74 Å². The molecule has 1 aromatic carbocycles. The molecule has 0 aliphatic heterocycles. The lowest BCUT2D eigenvalue weighted by molar-refractivity contribution is 0.410. The van der Waals surface area contributed by atoms with Crippen molar-refractivity contribution in [2.45, 2.75) is 6.54 Å². The Bertz CT molecular complexity index is 702. The maximum absolute atomic E-state index is 11.1. The molecular weight excluding hydrogens is 292 g/mol. The third-order valence-electron chi connectivity index (χ3n) is 2.61. The first-order valence-electron chi connectivity index (χ1n) is 6.15. The van der Waals surface area contributed by atoms with Gasteiger partial charge in [-0.15, -0.1) is 10.2 Å². The topological polar surface area (TPSA) is 93.2 Å². The summed E-state index contributed by atoms with van der Waals surface area (Å²) in [6.07, 6.45) is 1.06. The van der Waals surface area contributed by atoms with Crippen molar-refractivity contribution in [1.29, 1.82) is 0 Å². The molecule has 0 radical (unpaired) electrons. The molecule has 0 amide bonds. The van der Waals surface area contributed by atoms with Gasteiger partial charge in [-0.1, -0.05) is 18.2 Å². The van der Waals surface area contributed by atoms with Gasteiger partial charge in [-0.3, -0.25) is 4.72 Å². The third kappa shape index (κ3) is 4.60. The molecule has 2 N–H and O–H groups in total. The number of aromatic nitrogens is 2. The van der Waals surface area contributed by atoms with E-state index in [0.717, 1.165) is 17.6 Å². The van der Waals surface area contributed by atoms with E-state index in [2.05, 4.69) is 20.2 Å². The van der Waals surface area contributed by atoms with Crippen LogP contribution in [0.5, 0.6) is 5.75 Å². The van der Waals surface area contributed by atoms with Crippen molar-refractivity contribution in [2.24, 2.45) is 0 Å². The van der Waals surface area contributed by atoms with Crippen LogP contribution in [0.1, 0.15) is 5.56 Å². The number of nitrogens with zero attached hydrogens (tertiary/aromatic N) is 2. The summed E-state index contributed by atoms with van der Waals surface area (Å²) in [5.74, 6) is 1.51. The predicted molar refractivity (Wildman–Crippen MR) is 80.8 cm³/mol. The fourth-order valence-electron chi connectivity index (χ4n) is 1.71. The highest BCUT2D eigenvalue weighted by atomic mass is 32.2. The number of benzene rings is 1. The lowest BCUT2D eigenvalue weighted by atomic mass is 10.2. The summed E-state index contributed by atoms with van der Waals surface area (Å²) in [7, 11) is -1.73. The Kier molecular flexibility index (Phi) is 4.59. The third-order valence-corrected chi connectivity index (χ3v) is 3.19. The van der Waals surface area contributed by atoms with Crippen molar-refractivity contribution in [3.05, 3.63) is 42.0 Å². The zero-order valence-electron chi connectivity index (χ0n) is 11.7. The molecule has 112 valence electrons. The molecule has 0 saturated carbocycles. The van der Waals surface area contributed by atoms with Crippen molar-refractivity contribution in [3.63, 3.8) is 0 Å². The lowest BCUT2D eigenvalue weighted by Gasteiger charge is -2.09. The number of methoxy groups -OCH3 is 1. The number of nitrogens with one attached hydrogen (secondary N) is 2. The van der Waals surface area contributed by atoms with Crippen LogP contribution in [0.25, 0.3) is 0 Å². The second kappa shape index (κ2) is 6.40. The first-order valence-corrected chi connectivity index (χ1v) is 8.04. The van der Waals surface area contributed by atoms with Gasteiger partial charge in [0.25, 0.3) is 0 Å². The lowest BCUT2D eigenvalue weighted by Crippen LogP contribution is -2.12. The van der Waals surface area contributed by atoms with Crippen LogP contribution in [-0.2, 0) is 16.6 Å². The Balaban J connectivity index is 2.01. The Morgan fingerprint density at radius 3 is 2.38 bits per heavy atom. The van der Waals surface area contributed by atoms with Gasteiger partial charge in [0.15, 0.2) is 5.82 Å². The van der Waals surface area contributed by atoms with E-state index in [9.17, 15) is 8.42 Å². The number of para-hydroxylation sites is 1. The van der Waals surface area contributed by atoms with E-state index in [-0.39, 0.29) is 5.82 Å². The molecule has 1 heterocycles. The van der Waals surface area contributed by atoms with Crippen molar-refractivity contribution in [2.75, 3.05) is 23.4 Å². The average molecular weight is 308 g/mol. The molecule has 0 aliphatic rings. The highest BCUT2D eigenvalue weighted by Gasteiger charge is 2.05. The Hall–Kier alpha value is -2.35. The Labute approximate surface area is 123 Å². The molecular formula is C13H16N4O3S. The van der Waals surface area contributed by atoms with Crippen LogP contribution in [0, 0.1) is 0 Å². The summed E-state index contributed by atoms with van der Waals surface area (Å²) in [4.78, 5) is 0. The number of hydrogen-bond acceptors (Lipinski definition) is 6. The first-order chi connectivity index (χ1) is 9.98. The van der Waals surface area contributed by atoms with Gasteiger partial charge in [0.05, 0.1) is 13.4 Å². The van der Waals surface area contributed by atoms with Gasteiger partial charge < -0.3 is 10.1 Å². The molecule has 0 bridgehead atoms. The van der Waals surface area contributed by atoms with Crippen molar-refractivity contribution in [3.8, 4) is 5.75 Å². The Morgan fingerprint density at radius 1 is 1.10 bits per heavy atom. The summed E-state index contributed by atoms with van der Waals surface area (Å²) in [6.45, 7) is 0.525. The molecule has 21 heavy (non-hydrogen) atoms. The van der Waals surface area contributed by atoms with Crippen LogP contribution < -0.4 is 14.8 Å². The second-order valence-corrected chi connectivity index (χ2v) is 6.09. The van der Waals surface area contributed by atoms with Crippen molar-refractivity contribution < 1.29 is 13.2 Å². The number of rotatable bonds is 6. The smallest absolute Gasteiger partial charge is 0.231 e. The minimum atomic E-state index is -3.34. The van der Waals surface area contributed by atoms with Crippen molar-refractivity contribution in [1.82, 2.24) is 10.2 Å². The molecule has 0 saturated heterocycles. The molecule has 2 rings (SSSR count). The molecule has 7 nitrogen and oxygen atoms in total. The standard InChI is InChI=1S/C13H16N4O3S/c1-20-11-6-4-3-5-10(11)9-14-12-7-8-13(16-15-12)17-21(2,18)19/h3-8H,9H2,1-2H3,(H,14,15)(H,16,17). The summed E-state index contributed by atoms with van der Waals surface area (Å²) in [5, 5.41) is 10.8. The van der Waals surface area contributed by atoms with E-state index >= 15 is 0 Å². The maximum Gasteiger partial charge on any atom is 0.231 e. The van der Waals surface area contributed by atoms with Crippen LogP contribution in [0.15, 0.2) is 36.4 Å². The van der Waals surface area contributed by atoms with Crippen LogP contribution in [0.2, 0.25) is 0 Å². The van der Waals surface area contributed by atoms with Crippen LogP contribution in [-0.4, -0.2) is 32.0 Å². The molecule has 1 aromatic heterocycles. The molecule has 0 atom stereocenters. The van der Waals surface area contributed by atoms with Crippen LogP contribution in [0.4, 0.5) is 11.6 Å². The predicted octanol–water partition coefficient (Wildman–Crippen LogP) is 1.47. The summed E-state index contributed by atoms with van der Waals surface area (Å²) >= 11 is 0. The average Bonchev–Trinajstić information content (AvgIpc) is 2.45. The fourth-order valence-corrected chi connectivity index (χ4v) is 2.19. The quantitative estimate of drug-likeness (QED) is 0.839. The summed E-state index contributed by atoms with van der Waals surface area (Å²) in [6, 6.07) is 10.8. The maximum atomic E-state index is 11.1. The van der Waals surface area contributed by atoms with Gasteiger partial charge in [-0.2, -0.15) is 0 Å². The van der Waals surface area contributed by atoms with E-state index in [0.29, 0.717) is 12.4 Å². The minimum Gasteiger partial charge on any atom is -0.496 e. The van der Waals surface area contributed by atoms with E-state index < -0.39 is 10.0 Å². The van der Waals surface area contributed by atoms with E-state index in [1.807, 2.05) is 24.3 Å². The summed E-state index contributed by atoms with van der Waals surface area (Å²) < 4.78 is 29.6. The molecule has 0 aliphatic carbocycles.